The third-order valence-electron chi connectivity index (χ3n) is 1.28. The van der Waals surface area contributed by atoms with Crippen molar-refractivity contribution in [3.05, 3.63) is 25.3 Å². The Hall–Kier alpha value is -0.270. The quantitative estimate of drug-likeness (QED) is 0.440. The van der Waals surface area contributed by atoms with Crippen LogP contribution in [0.4, 0.5) is 0 Å². The minimum atomic E-state index is 0.190. The molecule has 0 aromatic rings. The third-order valence-corrected chi connectivity index (χ3v) is 1.42. The standard InChI is InChI=1S/C9H16ClN/c1-4-6-11(7-5-2)8-9(3)10/h4-5,9H,1-2,6-8H2,3H3/t9-/m0/s1. The maximum atomic E-state index is 5.83. The maximum absolute atomic E-state index is 5.83. The summed E-state index contributed by atoms with van der Waals surface area (Å²) in [4.78, 5) is 2.19. The second-order valence-corrected chi connectivity index (χ2v) is 3.32. The fourth-order valence-corrected chi connectivity index (χ4v) is 1.14. The summed E-state index contributed by atoms with van der Waals surface area (Å²) in [6, 6.07) is 0. The average Bonchev–Trinajstić information content (AvgIpc) is 1.87. The number of alkyl halides is 1. The van der Waals surface area contributed by atoms with Crippen LogP contribution in [0.15, 0.2) is 25.3 Å². The Bertz CT molecular complexity index is 111. The van der Waals surface area contributed by atoms with Crippen molar-refractivity contribution in [1.82, 2.24) is 4.90 Å². The van der Waals surface area contributed by atoms with Crippen molar-refractivity contribution in [2.24, 2.45) is 0 Å². The number of halogens is 1. The van der Waals surface area contributed by atoms with E-state index in [1.54, 1.807) is 0 Å². The Kier molecular flexibility index (Phi) is 6.28. The Balaban J connectivity index is 3.67. The van der Waals surface area contributed by atoms with Gasteiger partial charge in [0.1, 0.15) is 0 Å². The van der Waals surface area contributed by atoms with Crippen molar-refractivity contribution < 1.29 is 0 Å². The zero-order valence-electron chi connectivity index (χ0n) is 7.09. The minimum absolute atomic E-state index is 0.190. The highest BCUT2D eigenvalue weighted by Gasteiger charge is 2.03. The van der Waals surface area contributed by atoms with Gasteiger partial charge in [-0.15, -0.1) is 24.8 Å². The fraction of sp³-hybridized carbons (Fsp3) is 0.556. The summed E-state index contributed by atoms with van der Waals surface area (Å²) in [7, 11) is 0. The molecule has 0 aromatic heterocycles. The summed E-state index contributed by atoms with van der Waals surface area (Å²) in [6.45, 7) is 12.0. The molecule has 0 amide bonds. The lowest BCUT2D eigenvalue weighted by Crippen LogP contribution is -2.29. The first kappa shape index (κ1) is 10.7. The van der Waals surface area contributed by atoms with Crippen molar-refractivity contribution in [2.45, 2.75) is 12.3 Å². The molecule has 0 fully saturated rings. The minimum Gasteiger partial charge on any atom is -0.295 e. The van der Waals surface area contributed by atoms with Gasteiger partial charge in [-0.05, 0) is 6.92 Å². The molecule has 0 saturated heterocycles. The smallest absolute Gasteiger partial charge is 0.0435 e. The van der Waals surface area contributed by atoms with Crippen molar-refractivity contribution in [3.63, 3.8) is 0 Å². The van der Waals surface area contributed by atoms with Crippen LogP contribution in [0.2, 0.25) is 0 Å². The molecule has 1 atom stereocenters. The topological polar surface area (TPSA) is 3.24 Å². The van der Waals surface area contributed by atoms with Gasteiger partial charge in [-0.25, -0.2) is 0 Å². The van der Waals surface area contributed by atoms with E-state index >= 15 is 0 Å². The molecule has 2 heteroatoms. The van der Waals surface area contributed by atoms with Crippen molar-refractivity contribution in [3.8, 4) is 0 Å². The molecule has 0 aliphatic rings. The lowest BCUT2D eigenvalue weighted by Gasteiger charge is -2.19. The van der Waals surface area contributed by atoms with Gasteiger partial charge in [0, 0.05) is 25.0 Å². The van der Waals surface area contributed by atoms with Gasteiger partial charge in [0.2, 0.25) is 0 Å². The first-order chi connectivity index (χ1) is 5.20. The Morgan fingerprint density at radius 1 is 1.36 bits per heavy atom. The summed E-state index contributed by atoms with van der Waals surface area (Å²) in [5.74, 6) is 0. The van der Waals surface area contributed by atoms with E-state index in [-0.39, 0.29) is 5.38 Å². The first-order valence-corrected chi connectivity index (χ1v) is 4.22. The molecule has 0 N–H and O–H groups in total. The Labute approximate surface area is 74.3 Å². The van der Waals surface area contributed by atoms with Crippen molar-refractivity contribution >= 4 is 11.6 Å². The highest BCUT2D eigenvalue weighted by molar-refractivity contribution is 6.20. The molecule has 0 bridgehead atoms. The Morgan fingerprint density at radius 2 is 1.82 bits per heavy atom. The predicted molar refractivity (Wildman–Crippen MR) is 52.1 cm³/mol. The van der Waals surface area contributed by atoms with E-state index in [4.69, 9.17) is 11.6 Å². The summed E-state index contributed by atoms with van der Waals surface area (Å²) in [5, 5.41) is 0.190. The van der Waals surface area contributed by atoms with Crippen LogP contribution in [0.25, 0.3) is 0 Å². The number of hydrogen-bond acceptors (Lipinski definition) is 1. The third kappa shape index (κ3) is 6.14. The van der Waals surface area contributed by atoms with E-state index in [0.717, 1.165) is 19.6 Å². The number of nitrogens with zero attached hydrogens (tertiary/aromatic N) is 1. The molecular weight excluding hydrogens is 158 g/mol. The summed E-state index contributed by atoms with van der Waals surface area (Å²) in [5.41, 5.74) is 0. The molecule has 0 heterocycles. The normalized spacial score (nSPS) is 13.0. The zero-order chi connectivity index (χ0) is 8.69. The van der Waals surface area contributed by atoms with Crippen LogP contribution in [0, 0.1) is 0 Å². The molecule has 0 spiro atoms. The van der Waals surface area contributed by atoms with E-state index in [1.807, 2.05) is 19.1 Å². The van der Waals surface area contributed by atoms with Crippen LogP contribution < -0.4 is 0 Å². The van der Waals surface area contributed by atoms with Crippen LogP contribution in [0.1, 0.15) is 6.92 Å². The van der Waals surface area contributed by atoms with Crippen LogP contribution in [-0.4, -0.2) is 29.9 Å². The van der Waals surface area contributed by atoms with E-state index in [2.05, 4.69) is 18.1 Å². The lowest BCUT2D eigenvalue weighted by molar-refractivity contribution is 0.338. The van der Waals surface area contributed by atoms with Gasteiger partial charge >= 0.3 is 0 Å². The second-order valence-electron chi connectivity index (χ2n) is 2.58. The molecule has 0 radical (unpaired) electrons. The van der Waals surface area contributed by atoms with Gasteiger partial charge in [0.25, 0.3) is 0 Å². The number of hydrogen-bond donors (Lipinski definition) is 0. The lowest BCUT2D eigenvalue weighted by atomic mass is 10.4. The Morgan fingerprint density at radius 3 is 2.09 bits per heavy atom. The molecular formula is C9H16ClN. The highest BCUT2D eigenvalue weighted by Crippen LogP contribution is 1.98. The zero-order valence-corrected chi connectivity index (χ0v) is 7.85. The van der Waals surface area contributed by atoms with Gasteiger partial charge in [-0.3, -0.25) is 4.90 Å². The average molecular weight is 174 g/mol. The molecule has 64 valence electrons. The monoisotopic (exact) mass is 173 g/mol. The van der Waals surface area contributed by atoms with E-state index in [1.165, 1.54) is 0 Å². The molecule has 1 nitrogen and oxygen atoms in total. The molecule has 0 saturated carbocycles. The van der Waals surface area contributed by atoms with Crippen LogP contribution in [0.3, 0.4) is 0 Å². The molecule has 0 aromatic carbocycles. The van der Waals surface area contributed by atoms with Crippen molar-refractivity contribution in [1.29, 1.82) is 0 Å². The summed E-state index contributed by atoms with van der Waals surface area (Å²) >= 11 is 5.83. The highest BCUT2D eigenvalue weighted by atomic mass is 35.5. The number of rotatable bonds is 6. The van der Waals surface area contributed by atoms with E-state index < -0.39 is 0 Å². The van der Waals surface area contributed by atoms with Gasteiger partial charge < -0.3 is 0 Å². The molecule has 0 rings (SSSR count). The molecule has 0 unspecified atom stereocenters. The SMILES string of the molecule is C=CCN(CC=C)C[C@H](C)Cl. The van der Waals surface area contributed by atoms with Crippen molar-refractivity contribution in [2.75, 3.05) is 19.6 Å². The van der Waals surface area contributed by atoms with Gasteiger partial charge in [-0.2, -0.15) is 0 Å². The fourth-order valence-electron chi connectivity index (χ4n) is 0.945. The molecule has 0 aliphatic heterocycles. The predicted octanol–water partition coefficient (Wildman–Crippen LogP) is 2.29. The largest absolute Gasteiger partial charge is 0.295 e. The van der Waals surface area contributed by atoms with Crippen LogP contribution in [-0.2, 0) is 0 Å². The molecule has 0 aliphatic carbocycles. The van der Waals surface area contributed by atoms with E-state index in [0.29, 0.717) is 0 Å². The maximum Gasteiger partial charge on any atom is 0.0435 e. The summed E-state index contributed by atoms with van der Waals surface area (Å²) < 4.78 is 0. The van der Waals surface area contributed by atoms with Gasteiger partial charge in [0.05, 0.1) is 0 Å². The molecule has 11 heavy (non-hydrogen) atoms. The van der Waals surface area contributed by atoms with Crippen LogP contribution >= 0.6 is 11.6 Å². The van der Waals surface area contributed by atoms with Gasteiger partial charge in [-0.1, -0.05) is 12.2 Å². The van der Waals surface area contributed by atoms with E-state index in [9.17, 15) is 0 Å². The second kappa shape index (κ2) is 6.44. The first-order valence-electron chi connectivity index (χ1n) is 3.79. The van der Waals surface area contributed by atoms with Crippen LogP contribution in [0.5, 0.6) is 0 Å². The van der Waals surface area contributed by atoms with Gasteiger partial charge in [0.15, 0.2) is 0 Å². The summed E-state index contributed by atoms with van der Waals surface area (Å²) in [6.07, 6.45) is 3.76.